The second-order valence-electron chi connectivity index (χ2n) is 5.72. The Morgan fingerprint density at radius 1 is 1.28 bits per heavy atom. The molecule has 0 bridgehead atoms. The monoisotopic (exact) mass is 460 g/mol. The Bertz CT molecular complexity index is 642. The Morgan fingerprint density at radius 2 is 2.08 bits per heavy atom. The van der Waals surface area contributed by atoms with Crippen LogP contribution in [0.4, 0.5) is 0 Å². The predicted molar refractivity (Wildman–Crippen MR) is 110 cm³/mol. The van der Waals surface area contributed by atoms with Gasteiger partial charge in [-0.2, -0.15) is 5.10 Å². The van der Waals surface area contributed by atoms with Crippen LogP contribution in [-0.2, 0) is 25.9 Å². The first-order valence-corrected chi connectivity index (χ1v) is 8.57. The van der Waals surface area contributed by atoms with Gasteiger partial charge in [0.1, 0.15) is 5.76 Å². The van der Waals surface area contributed by atoms with Gasteiger partial charge < -0.3 is 15.2 Å². The molecule has 8 heteroatoms. The molecule has 2 heterocycles. The first-order valence-electron chi connectivity index (χ1n) is 8.57. The summed E-state index contributed by atoms with van der Waals surface area (Å²) < 4.78 is 7.35. The smallest absolute Gasteiger partial charge is 0.191 e. The van der Waals surface area contributed by atoms with E-state index in [1.807, 2.05) is 17.8 Å². The molecule has 2 aromatic heterocycles. The lowest BCUT2D eigenvalue weighted by atomic mass is 10.1. The van der Waals surface area contributed by atoms with E-state index in [1.54, 1.807) is 7.05 Å². The highest BCUT2D eigenvalue weighted by Gasteiger charge is 2.13. The number of hydrogen-bond donors (Lipinski definition) is 2. The quantitative estimate of drug-likeness (QED) is 0.274. The summed E-state index contributed by atoms with van der Waals surface area (Å²) in [7, 11) is 1.78. The maximum absolute atomic E-state index is 5.39. The number of halogens is 1. The van der Waals surface area contributed by atoms with Crippen molar-refractivity contribution in [1.82, 2.24) is 25.6 Å². The fraction of sp³-hybridized carbons (Fsp3) is 0.588. The maximum atomic E-state index is 5.39. The zero-order valence-corrected chi connectivity index (χ0v) is 17.8. The Hall–Kier alpha value is -1.58. The van der Waals surface area contributed by atoms with Gasteiger partial charge in [-0.3, -0.25) is 9.67 Å². The van der Waals surface area contributed by atoms with Gasteiger partial charge in [0.15, 0.2) is 5.96 Å². The Morgan fingerprint density at radius 3 is 2.68 bits per heavy atom. The van der Waals surface area contributed by atoms with Gasteiger partial charge in [-0.05, 0) is 25.3 Å². The molecule has 0 amide bonds. The van der Waals surface area contributed by atoms with Gasteiger partial charge in [0.2, 0.25) is 0 Å². The van der Waals surface area contributed by atoms with E-state index in [4.69, 9.17) is 4.52 Å². The third-order valence-corrected chi connectivity index (χ3v) is 3.88. The number of aliphatic imine (C=N–C) groups is 1. The molecule has 0 radical (unpaired) electrons. The molecule has 0 aromatic carbocycles. The van der Waals surface area contributed by atoms with Crippen molar-refractivity contribution in [2.75, 3.05) is 13.6 Å². The third-order valence-electron chi connectivity index (χ3n) is 3.88. The van der Waals surface area contributed by atoms with E-state index < -0.39 is 0 Å². The molecule has 0 unspecified atom stereocenters. The van der Waals surface area contributed by atoms with Crippen molar-refractivity contribution >= 4 is 29.9 Å². The molecule has 2 N–H and O–H groups in total. The summed E-state index contributed by atoms with van der Waals surface area (Å²) >= 11 is 0. The molecule has 0 spiro atoms. The normalized spacial score (nSPS) is 11.3. The van der Waals surface area contributed by atoms with Crippen LogP contribution in [0.3, 0.4) is 0 Å². The molecule has 2 rings (SSSR count). The Kier molecular flexibility index (Phi) is 9.54. The van der Waals surface area contributed by atoms with Gasteiger partial charge >= 0.3 is 0 Å². The molecule has 0 saturated heterocycles. The zero-order chi connectivity index (χ0) is 17.4. The van der Waals surface area contributed by atoms with E-state index in [-0.39, 0.29) is 24.0 Å². The minimum absolute atomic E-state index is 0. The van der Waals surface area contributed by atoms with Crippen molar-refractivity contribution in [2.45, 2.75) is 53.1 Å². The van der Waals surface area contributed by atoms with Crippen molar-refractivity contribution in [3.63, 3.8) is 0 Å². The highest BCUT2D eigenvalue weighted by Crippen LogP contribution is 2.15. The van der Waals surface area contributed by atoms with E-state index in [1.165, 1.54) is 5.56 Å². The summed E-state index contributed by atoms with van der Waals surface area (Å²) in [5, 5.41) is 15.1. The van der Waals surface area contributed by atoms with Gasteiger partial charge in [-0.15, -0.1) is 24.0 Å². The van der Waals surface area contributed by atoms with Crippen LogP contribution in [0.1, 0.15) is 42.8 Å². The van der Waals surface area contributed by atoms with Crippen molar-refractivity contribution in [2.24, 2.45) is 4.99 Å². The molecule has 2 aromatic rings. The van der Waals surface area contributed by atoms with Crippen molar-refractivity contribution < 1.29 is 4.52 Å². The Labute approximate surface area is 166 Å². The third kappa shape index (κ3) is 6.33. The van der Waals surface area contributed by atoms with Crippen molar-refractivity contribution in [3.8, 4) is 0 Å². The second kappa shape index (κ2) is 11.1. The number of guanidine groups is 1. The first-order chi connectivity index (χ1) is 11.7. The van der Waals surface area contributed by atoms with Crippen LogP contribution in [0.5, 0.6) is 0 Å². The summed E-state index contributed by atoms with van der Waals surface area (Å²) in [4.78, 5) is 4.27. The van der Waals surface area contributed by atoms with Crippen LogP contribution < -0.4 is 10.6 Å². The fourth-order valence-corrected chi connectivity index (χ4v) is 2.57. The van der Waals surface area contributed by atoms with Gasteiger partial charge in [-0.25, -0.2) is 0 Å². The molecule has 0 atom stereocenters. The lowest BCUT2D eigenvalue weighted by Crippen LogP contribution is -2.37. The van der Waals surface area contributed by atoms with Crippen molar-refractivity contribution in [1.29, 1.82) is 0 Å². The van der Waals surface area contributed by atoms with Crippen LogP contribution in [-0.4, -0.2) is 34.5 Å². The number of hydrogen-bond acceptors (Lipinski definition) is 4. The molecular formula is C17H29IN6O. The lowest BCUT2D eigenvalue weighted by Gasteiger charge is -2.12. The average molecular weight is 460 g/mol. The summed E-state index contributed by atoms with van der Waals surface area (Å²) in [5.74, 6) is 1.74. The summed E-state index contributed by atoms with van der Waals surface area (Å²) in [6, 6.07) is 0. The van der Waals surface area contributed by atoms with Gasteiger partial charge in [0, 0.05) is 44.9 Å². The topological polar surface area (TPSA) is 80.3 Å². The van der Waals surface area contributed by atoms with Crippen LogP contribution in [0.25, 0.3) is 0 Å². The molecular weight excluding hydrogens is 431 g/mol. The SMILES string of the molecule is CCc1noc(CC)c1CNC(=NC)NCCCn1cc(C)cn1.I. The standard InChI is InChI=1S/C17H28N6O.HI/c1-5-15-14(16(6-2)24-22-15)11-20-17(18-4)19-8-7-9-23-12-13(3)10-21-23;/h10,12H,5-9,11H2,1-4H3,(H2,18,19,20);1H. The number of nitrogens with one attached hydrogen (secondary N) is 2. The van der Waals surface area contributed by atoms with Crippen LogP contribution >= 0.6 is 24.0 Å². The minimum Gasteiger partial charge on any atom is -0.361 e. The summed E-state index contributed by atoms with van der Waals surface area (Å²) in [6.45, 7) is 8.62. The number of nitrogens with zero attached hydrogens (tertiary/aromatic N) is 4. The predicted octanol–water partition coefficient (Wildman–Crippen LogP) is 2.68. The molecule has 0 fully saturated rings. The lowest BCUT2D eigenvalue weighted by molar-refractivity contribution is 0.380. The van der Waals surface area contributed by atoms with E-state index >= 15 is 0 Å². The fourth-order valence-electron chi connectivity index (χ4n) is 2.57. The molecule has 140 valence electrons. The molecule has 0 aliphatic rings. The zero-order valence-electron chi connectivity index (χ0n) is 15.5. The molecule has 25 heavy (non-hydrogen) atoms. The highest BCUT2D eigenvalue weighted by molar-refractivity contribution is 14.0. The molecule has 0 aliphatic carbocycles. The van der Waals surface area contributed by atoms with E-state index in [2.05, 4.69) is 45.9 Å². The molecule has 0 saturated carbocycles. The number of aromatic nitrogens is 3. The van der Waals surface area contributed by atoms with Gasteiger partial charge in [0.25, 0.3) is 0 Å². The highest BCUT2D eigenvalue weighted by atomic mass is 127. The van der Waals surface area contributed by atoms with E-state index in [9.17, 15) is 0 Å². The first kappa shape index (κ1) is 21.5. The maximum Gasteiger partial charge on any atom is 0.191 e. The summed E-state index contributed by atoms with van der Waals surface area (Å²) in [6.07, 6.45) is 6.63. The van der Waals surface area contributed by atoms with Gasteiger partial charge in [-0.1, -0.05) is 19.0 Å². The molecule has 0 aliphatic heterocycles. The van der Waals surface area contributed by atoms with Crippen LogP contribution in [0.15, 0.2) is 21.9 Å². The second-order valence-corrected chi connectivity index (χ2v) is 5.72. The van der Waals surface area contributed by atoms with E-state index in [0.717, 1.165) is 55.3 Å². The number of rotatable bonds is 8. The van der Waals surface area contributed by atoms with Crippen LogP contribution in [0, 0.1) is 6.92 Å². The Balaban J connectivity index is 0.00000312. The summed E-state index contributed by atoms with van der Waals surface area (Å²) in [5.41, 5.74) is 3.35. The van der Waals surface area contributed by atoms with E-state index in [0.29, 0.717) is 6.54 Å². The minimum atomic E-state index is 0. The number of aryl methyl sites for hydroxylation is 4. The van der Waals surface area contributed by atoms with Gasteiger partial charge in [0.05, 0.1) is 11.9 Å². The van der Waals surface area contributed by atoms with Crippen molar-refractivity contribution in [3.05, 3.63) is 35.0 Å². The van der Waals surface area contributed by atoms with Crippen LogP contribution in [0.2, 0.25) is 0 Å². The largest absolute Gasteiger partial charge is 0.361 e. The molecule has 7 nitrogen and oxygen atoms in total. The average Bonchev–Trinajstić information content (AvgIpc) is 3.19.